The molecule has 15 heavy (non-hydrogen) atoms. The Labute approximate surface area is 84.7 Å². The molecule has 0 fully saturated rings. The SMILES string of the molecule is Cc1cc(-c2oc3c4c2P34=O)nc(N)n1. The predicted molar refractivity (Wildman–Crippen MR) is 55.4 cm³/mol. The topological polar surface area (TPSA) is 82.0 Å². The maximum Gasteiger partial charge on any atom is 0.220 e. The van der Waals surface area contributed by atoms with E-state index in [0.717, 1.165) is 16.3 Å². The number of nitrogens with two attached hydrogens (primary N) is 1. The first kappa shape index (κ1) is 7.65. The van der Waals surface area contributed by atoms with Gasteiger partial charge in [0.2, 0.25) is 13.1 Å². The Hall–Kier alpha value is -1.61. The van der Waals surface area contributed by atoms with Gasteiger partial charge < -0.3 is 14.7 Å². The molecule has 0 spiro atoms. The molecule has 0 aromatic carbocycles. The van der Waals surface area contributed by atoms with E-state index in [4.69, 9.17) is 10.2 Å². The van der Waals surface area contributed by atoms with Crippen LogP contribution in [0.25, 0.3) is 11.5 Å². The zero-order valence-electron chi connectivity index (χ0n) is 7.81. The molecule has 5 heterocycles. The van der Waals surface area contributed by atoms with Gasteiger partial charge in [-0.25, -0.2) is 9.97 Å². The zero-order valence-corrected chi connectivity index (χ0v) is 8.71. The smallest absolute Gasteiger partial charge is 0.220 e. The van der Waals surface area contributed by atoms with E-state index >= 15 is 0 Å². The third-order valence-corrected chi connectivity index (χ3v) is 5.31. The maximum atomic E-state index is 11.7. The largest absolute Gasteiger partial charge is 0.449 e. The molecule has 5 rings (SSSR count). The Morgan fingerprint density at radius 2 is 2.13 bits per heavy atom. The number of aryl methyl sites for hydroxylation is 1. The van der Waals surface area contributed by atoms with E-state index < -0.39 is 7.14 Å². The van der Waals surface area contributed by atoms with Crippen LogP contribution < -0.4 is 21.8 Å². The fourth-order valence-electron chi connectivity index (χ4n) is 1.98. The van der Waals surface area contributed by atoms with Crippen molar-refractivity contribution in [2.24, 2.45) is 0 Å². The van der Waals surface area contributed by atoms with Crippen LogP contribution >= 0.6 is 7.14 Å². The lowest BCUT2D eigenvalue weighted by atomic mass is 10.3. The van der Waals surface area contributed by atoms with Crippen molar-refractivity contribution in [2.45, 2.75) is 6.92 Å². The summed E-state index contributed by atoms with van der Waals surface area (Å²) in [5.74, 6) is 0.842. The van der Waals surface area contributed by atoms with Gasteiger partial charge in [-0.05, 0) is 13.0 Å². The summed E-state index contributed by atoms with van der Waals surface area (Å²) >= 11 is 0. The van der Waals surface area contributed by atoms with E-state index in [1.807, 2.05) is 6.92 Å². The lowest BCUT2D eigenvalue weighted by Gasteiger charge is -1.98. The molecule has 0 radical (unpaired) electrons. The Bertz CT molecular complexity index is 660. The summed E-state index contributed by atoms with van der Waals surface area (Å²) in [6, 6.07) is 1.78. The van der Waals surface area contributed by atoms with Crippen LogP contribution in [-0.2, 0) is 4.57 Å². The minimum absolute atomic E-state index is 0.217. The van der Waals surface area contributed by atoms with Crippen molar-refractivity contribution in [3.8, 4) is 11.5 Å². The molecule has 3 aliphatic heterocycles. The summed E-state index contributed by atoms with van der Waals surface area (Å²) in [7, 11) is -2.16. The van der Waals surface area contributed by atoms with Gasteiger partial charge >= 0.3 is 0 Å². The van der Waals surface area contributed by atoms with Crippen LogP contribution in [0.15, 0.2) is 10.5 Å². The Balaban J connectivity index is 1.96. The van der Waals surface area contributed by atoms with Crippen molar-refractivity contribution in [1.29, 1.82) is 0 Å². The molecule has 2 bridgehead atoms. The van der Waals surface area contributed by atoms with Crippen molar-refractivity contribution in [3.63, 3.8) is 0 Å². The van der Waals surface area contributed by atoms with E-state index in [0.29, 0.717) is 17.0 Å². The predicted octanol–water partition coefficient (Wildman–Crippen LogP) is -0.107. The van der Waals surface area contributed by atoms with Crippen molar-refractivity contribution in [1.82, 2.24) is 9.97 Å². The molecule has 2 aromatic heterocycles. The molecule has 2 aromatic rings. The molecule has 3 aliphatic rings. The van der Waals surface area contributed by atoms with E-state index in [2.05, 4.69) is 9.97 Å². The second-order valence-corrected chi connectivity index (χ2v) is 6.31. The first-order valence-corrected chi connectivity index (χ1v) is 6.23. The average molecular weight is 219 g/mol. The number of anilines is 1. The van der Waals surface area contributed by atoms with Crippen LogP contribution in [0.5, 0.6) is 0 Å². The lowest BCUT2D eigenvalue weighted by molar-refractivity contribution is 0.590. The number of nitrogen functional groups attached to an aromatic ring is 1. The molecule has 0 saturated heterocycles. The summed E-state index contributed by atoms with van der Waals surface area (Å²) in [5.41, 5.74) is 7.64. The molecule has 0 amide bonds. The molecule has 1 atom stereocenters. The second kappa shape index (κ2) is 1.86. The van der Waals surface area contributed by atoms with Crippen LogP contribution in [0.1, 0.15) is 5.69 Å². The Kier molecular flexibility index (Phi) is 0.949. The summed E-state index contributed by atoms with van der Waals surface area (Å²) in [5, 5.41) is 1.81. The standard InChI is InChI=1S/C9H6N3O2P/c1-3-2-4(12-9(10)11-3)5-6-7-8(14-5)15(6,7)13/h2H,1H3,(H2,10,11,12). The molecule has 5 nitrogen and oxygen atoms in total. The quantitative estimate of drug-likeness (QED) is 0.452. The molecule has 2 N–H and O–H groups in total. The first-order chi connectivity index (χ1) is 7.12. The summed E-state index contributed by atoms with van der Waals surface area (Å²) < 4.78 is 17.2. The van der Waals surface area contributed by atoms with Gasteiger partial charge in [0.1, 0.15) is 5.69 Å². The van der Waals surface area contributed by atoms with Crippen molar-refractivity contribution >= 4 is 29.2 Å². The fraction of sp³-hybridized carbons (Fsp3) is 0.111. The van der Waals surface area contributed by atoms with Gasteiger partial charge in [-0.1, -0.05) is 0 Å². The fourth-order valence-corrected chi connectivity index (χ4v) is 4.47. The van der Waals surface area contributed by atoms with Gasteiger partial charge in [0.25, 0.3) is 0 Å². The van der Waals surface area contributed by atoms with Crippen LogP contribution in [0, 0.1) is 6.92 Å². The van der Waals surface area contributed by atoms with Crippen LogP contribution in [0.4, 0.5) is 5.95 Å². The minimum atomic E-state index is -2.16. The van der Waals surface area contributed by atoms with Gasteiger partial charge in [0, 0.05) is 5.69 Å². The first-order valence-electron chi connectivity index (χ1n) is 4.52. The van der Waals surface area contributed by atoms with Gasteiger partial charge in [-0.3, -0.25) is 0 Å². The molecular formula is C9H6N3O2P. The number of hydrogen-bond donors (Lipinski definition) is 1. The summed E-state index contributed by atoms with van der Waals surface area (Å²) in [6.45, 7) is 1.83. The van der Waals surface area contributed by atoms with Gasteiger partial charge in [0.05, 0.1) is 10.6 Å². The normalized spacial score (nSPS) is 23.8. The molecule has 74 valence electrons. The molecular weight excluding hydrogens is 213 g/mol. The highest BCUT2D eigenvalue weighted by Crippen LogP contribution is 2.70. The molecule has 0 aliphatic carbocycles. The summed E-state index contributed by atoms with van der Waals surface area (Å²) in [4.78, 5) is 8.05. The molecule has 0 saturated carbocycles. The van der Waals surface area contributed by atoms with Crippen LogP contribution in [0.2, 0.25) is 0 Å². The van der Waals surface area contributed by atoms with Gasteiger partial charge in [0.15, 0.2) is 11.3 Å². The Morgan fingerprint density at radius 3 is 2.67 bits per heavy atom. The van der Waals surface area contributed by atoms with Gasteiger partial charge in [-0.15, -0.1) is 0 Å². The molecule has 6 heteroatoms. The highest BCUT2D eigenvalue weighted by atomic mass is 31.2. The third kappa shape index (κ3) is 0.679. The maximum absolute atomic E-state index is 11.7. The number of hydrogen-bond acceptors (Lipinski definition) is 5. The van der Waals surface area contributed by atoms with E-state index in [-0.39, 0.29) is 5.95 Å². The highest BCUT2D eigenvalue weighted by Gasteiger charge is 2.74. The second-order valence-electron chi connectivity index (χ2n) is 3.80. The number of rotatable bonds is 1. The monoisotopic (exact) mass is 219 g/mol. The minimum Gasteiger partial charge on any atom is -0.449 e. The number of fused-ring (bicyclic) bond motifs is 1. The number of aromatic nitrogens is 2. The van der Waals surface area contributed by atoms with Gasteiger partial charge in [-0.2, -0.15) is 0 Å². The third-order valence-electron chi connectivity index (χ3n) is 2.76. The van der Waals surface area contributed by atoms with Crippen molar-refractivity contribution < 1.29 is 8.98 Å². The average Bonchev–Trinajstić information content (AvgIpc) is 2.81. The van der Waals surface area contributed by atoms with E-state index in [1.165, 1.54) is 0 Å². The van der Waals surface area contributed by atoms with E-state index in [1.54, 1.807) is 6.07 Å². The summed E-state index contributed by atoms with van der Waals surface area (Å²) in [6.07, 6.45) is 0. The molecule has 1 unspecified atom stereocenters. The van der Waals surface area contributed by atoms with Crippen molar-refractivity contribution in [3.05, 3.63) is 11.8 Å². The zero-order chi connectivity index (χ0) is 10.4. The van der Waals surface area contributed by atoms with E-state index in [9.17, 15) is 4.57 Å². The van der Waals surface area contributed by atoms with Crippen LogP contribution in [0.3, 0.4) is 0 Å². The number of furan rings is 1. The van der Waals surface area contributed by atoms with Crippen molar-refractivity contribution in [2.75, 3.05) is 5.73 Å². The highest BCUT2D eigenvalue weighted by molar-refractivity contribution is 8.06. The number of nitrogens with zero attached hydrogens (tertiary/aromatic N) is 2. The lowest BCUT2D eigenvalue weighted by Crippen LogP contribution is -2.01. The Morgan fingerprint density at radius 1 is 1.40 bits per heavy atom. The van der Waals surface area contributed by atoms with Crippen LogP contribution in [-0.4, -0.2) is 9.97 Å².